The highest BCUT2D eigenvalue weighted by Crippen LogP contribution is 2.14. The maximum atomic E-state index is 12.2. The van der Waals surface area contributed by atoms with Gasteiger partial charge in [-0.2, -0.15) is 0 Å². The van der Waals surface area contributed by atoms with Crippen LogP contribution in [0.3, 0.4) is 0 Å². The van der Waals surface area contributed by atoms with Crippen molar-refractivity contribution in [2.45, 2.75) is 45.1 Å². The van der Waals surface area contributed by atoms with Crippen molar-refractivity contribution in [2.75, 3.05) is 6.54 Å². The molecule has 1 fully saturated rings. The summed E-state index contributed by atoms with van der Waals surface area (Å²) in [7, 11) is 0. The third-order valence-corrected chi connectivity index (χ3v) is 5.00. The molecule has 1 N–H and O–H groups in total. The lowest BCUT2D eigenvalue weighted by Gasteiger charge is -2.14. The van der Waals surface area contributed by atoms with Crippen molar-refractivity contribution in [3.63, 3.8) is 0 Å². The number of benzene rings is 1. The number of nitrogens with zero attached hydrogens (tertiary/aromatic N) is 2. The summed E-state index contributed by atoms with van der Waals surface area (Å²) in [6, 6.07) is 6.63. The molecule has 0 atom stereocenters. The van der Waals surface area contributed by atoms with E-state index in [1.807, 2.05) is 0 Å². The monoisotopic (exact) mass is 441 g/mol. The van der Waals surface area contributed by atoms with Gasteiger partial charge in [-0.1, -0.05) is 18.6 Å². The molecule has 32 heavy (non-hydrogen) atoms. The Bertz CT molecular complexity index is 934. The highest BCUT2D eigenvalue weighted by Gasteiger charge is 2.32. The number of imide groups is 2. The number of unbranched alkanes of at least 4 members (excludes halogenated alkanes) is 2. The van der Waals surface area contributed by atoms with Crippen molar-refractivity contribution in [3.8, 4) is 0 Å². The fourth-order valence-corrected chi connectivity index (χ4v) is 3.21. The van der Waals surface area contributed by atoms with E-state index < -0.39 is 17.8 Å². The smallest absolute Gasteiger partial charge is 0.333 e. The van der Waals surface area contributed by atoms with Gasteiger partial charge in [-0.3, -0.25) is 28.9 Å². The minimum Gasteiger partial charge on any atom is -0.352 e. The second-order valence-corrected chi connectivity index (χ2v) is 7.40. The Kier molecular flexibility index (Phi) is 7.48. The standard InChI is InChI=1S/C22H23N3O7/c26-17-9-10-18(27)24(17)14-15-5-7-16(8-6-15)22(31)23-13-3-1-2-4-21(30)32-25-19(28)11-12-20(25)29/h5-10H,1-4,11-14H2,(H,23,31). The third kappa shape index (κ3) is 5.87. The summed E-state index contributed by atoms with van der Waals surface area (Å²) in [4.78, 5) is 75.8. The van der Waals surface area contributed by atoms with Crippen molar-refractivity contribution in [2.24, 2.45) is 0 Å². The van der Waals surface area contributed by atoms with Crippen LogP contribution in [-0.4, -0.2) is 52.0 Å². The summed E-state index contributed by atoms with van der Waals surface area (Å²) >= 11 is 0. The highest BCUT2D eigenvalue weighted by molar-refractivity contribution is 6.12. The molecule has 10 heteroatoms. The van der Waals surface area contributed by atoms with Crippen LogP contribution in [0.4, 0.5) is 0 Å². The van der Waals surface area contributed by atoms with Gasteiger partial charge < -0.3 is 10.2 Å². The fourth-order valence-electron chi connectivity index (χ4n) is 3.21. The van der Waals surface area contributed by atoms with Gasteiger partial charge in [-0.25, -0.2) is 4.79 Å². The normalized spacial score (nSPS) is 15.6. The van der Waals surface area contributed by atoms with Gasteiger partial charge >= 0.3 is 5.97 Å². The van der Waals surface area contributed by atoms with Gasteiger partial charge in [0.2, 0.25) is 0 Å². The van der Waals surface area contributed by atoms with Gasteiger partial charge in [-0.15, -0.1) is 5.06 Å². The zero-order valence-corrected chi connectivity index (χ0v) is 17.4. The highest BCUT2D eigenvalue weighted by atomic mass is 16.7. The number of nitrogens with one attached hydrogen (secondary N) is 1. The van der Waals surface area contributed by atoms with Crippen LogP contribution >= 0.6 is 0 Å². The molecule has 1 aromatic rings. The molecular weight excluding hydrogens is 418 g/mol. The van der Waals surface area contributed by atoms with Gasteiger partial charge in [0.1, 0.15) is 0 Å². The lowest BCUT2D eigenvalue weighted by molar-refractivity contribution is -0.197. The Morgan fingerprint density at radius 3 is 2.12 bits per heavy atom. The van der Waals surface area contributed by atoms with Crippen LogP contribution in [0.5, 0.6) is 0 Å². The molecule has 0 radical (unpaired) electrons. The topological polar surface area (TPSA) is 130 Å². The van der Waals surface area contributed by atoms with Crippen LogP contribution in [0.15, 0.2) is 36.4 Å². The molecule has 2 heterocycles. The largest absolute Gasteiger partial charge is 0.352 e. The van der Waals surface area contributed by atoms with E-state index in [1.54, 1.807) is 24.3 Å². The molecule has 0 saturated carbocycles. The number of amides is 5. The van der Waals surface area contributed by atoms with E-state index in [4.69, 9.17) is 4.84 Å². The summed E-state index contributed by atoms with van der Waals surface area (Å²) in [5.74, 6) is -2.61. The maximum absolute atomic E-state index is 12.2. The zero-order chi connectivity index (χ0) is 23.1. The molecule has 0 bridgehead atoms. The van der Waals surface area contributed by atoms with Crippen molar-refractivity contribution < 1.29 is 33.6 Å². The molecule has 3 rings (SSSR count). The van der Waals surface area contributed by atoms with Crippen LogP contribution in [0.1, 0.15) is 54.4 Å². The lowest BCUT2D eigenvalue weighted by Crippen LogP contribution is -2.31. The number of hydrogen-bond donors (Lipinski definition) is 1. The van der Waals surface area contributed by atoms with Crippen LogP contribution < -0.4 is 5.32 Å². The molecular formula is C22H23N3O7. The fraction of sp³-hybridized carbons (Fsp3) is 0.364. The summed E-state index contributed by atoms with van der Waals surface area (Å²) < 4.78 is 0. The van der Waals surface area contributed by atoms with Gasteiger partial charge in [0.05, 0.1) is 6.54 Å². The zero-order valence-electron chi connectivity index (χ0n) is 17.4. The van der Waals surface area contributed by atoms with Gasteiger partial charge in [0.15, 0.2) is 0 Å². The first-order valence-electron chi connectivity index (χ1n) is 10.3. The Balaban J connectivity index is 1.30. The van der Waals surface area contributed by atoms with E-state index >= 15 is 0 Å². The molecule has 5 amide bonds. The molecule has 2 aliphatic heterocycles. The average molecular weight is 441 g/mol. The Morgan fingerprint density at radius 2 is 1.50 bits per heavy atom. The summed E-state index contributed by atoms with van der Waals surface area (Å²) in [6.45, 7) is 0.566. The first-order chi connectivity index (χ1) is 15.3. The van der Waals surface area contributed by atoms with Crippen LogP contribution in [0.25, 0.3) is 0 Å². The summed E-state index contributed by atoms with van der Waals surface area (Å²) in [5.41, 5.74) is 1.19. The van der Waals surface area contributed by atoms with Gasteiger partial charge in [0.25, 0.3) is 29.5 Å². The number of rotatable bonds is 10. The van der Waals surface area contributed by atoms with Crippen molar-refractivity contribution in [1.82, 2.24) is 15.3 Å². The minimum atomic E-state index is -0.633. The van der Waals surface area contributed by atoms with Crippen LogP contribution in [0.2, 0.25) is 0 Å². The van der Waals surface area contributed by atoms with E-state index in [0.717, 1.165) is 10.5 Å². The molecule has 0 spiro atoms. The van der Waals surface area contributed by atoms with E-state index in [-0.39, 0.29) is 43.5 Å². The molecule has 168 valence electrons. The number of hydrogen-bond acceptors (Lipinski definition) is 7. The summed E-state index contributed by atoms with van der Waals surface area (Å²) in [5, 5.41) is 3.32. The van der Waals surface area contributed by atoms with E-state index in [9.17, 15) is 28.8 Å². The molecule has 10 nitrogen and oxygen atoms in total. The third-order valence-electron chi connectivity index (χ3n) is 5.00. The van der Waals surface area contributed by atoms with Gasteiger partial charge in [-0.05, 0) is 30.5 Å². The Labute approximate surface area is 184 Å². The second-order valence-electron chi connectivity index (χ2n) is 7.40. The number of hydroxylamine groups is 2. The van der Waals surface area contributed by atoms with Crippen molar-refractivity contribution in [3.05, 3.63) is 47.5 Å². The summed E-state index contributed by atoms with van der Waals surface area (Å²) in [6.07, 6.45) is 4.44. The van der Waals surface area contributed by atoms with E-state index in [0.29, 0.717) is 36.4 Å². The number of carbonyl (C=O) groups is 6. The first kappa shape index (κ1) is 22.9. The SMILES string of the molecule is O=C(CCCCCNC(=O)c1ccc(CN2C(=O)C=CC2=O)cc1)ON1C(=O)CCC1=O. The molecule has 0 aromatic heterocycles. The van der Waals surface area contributed by atoms with Crippen molar-refractivity contribution in [1.29, 1.82) is 0 Å². The molecule has 0 unspecified atom stereocenters. The predicted molar refractivity (Wildman–Crippen MR) is 109 cm³/mol. The minimum absolute atomic E-state index is 0.0593. The van der Waals surface area contributed by atoms with Crippen molar-refractivity contribution >= 4 is 35.5 Å². The average Bonchev–Trinajstić information content (AvgIpc) is 3.26. The molecule has 2 aliphatic rings. The maximum Gasteiger partial charge on any atom is 0.333 e. The van der Waals surface area contributed by atoms with E-state index in [1.165, 1.54) is 12.2 Å². The Morgan fingerprint density at radius 1 is 0.875 bits per heavy atom. The first-order valence-corrected chi connectivity index (χ1v) is 10.3. The number of carbonyl (C=O) groups excluding carboxylic acids is 6. The van der Waals surface area contributed by atoms with Crippen LogP contribution in [0, 0.1) is 0 Å². The molecule has 1 saturated heterocycles. The van der Waals surface area contributed by atoms with Crippen LogP contribution in [-0.2, 0) is 35.4 Å². The predicted octanol–water partition coefficient (Wildman–Crippen LogP) is 1.01. The lowest BCUT2D eigenvalue weighted by atomic mass is 10.1. The molecule has 0 aliphatic carbocycles. The second kappa shape index (κ2) is 10.5. The van der Waals surface area contributed by atoms with Gasteiger partial charge in [0, 0.05) is 43.5 Å². The quantitative estimate of drug-likeness (QED) is 0.424. The molecule has 1 aromatic carbocycles. The Hall–Kier alpha value is -3.82. The van der Waals surface area contributed by atoms with E-state index in [2.05, 4.69) is 5.32 Å².